The smallest absolute Gasteiger partial charge is 0.308 e. The quantitative estimate of drug-likeness (QED) is 0.113. The van der Waals surface area contributed by atoms with Gasteiger partial charge in [-0.2, -0.15) is 0 Å². The maximum atomic E-state index is 15.0. The first-order valence-corrected chi connectivity index (χ1v) is 20.9. The Bertz CT molecular complexity index is 2530. The van der Waals surface area contributed by atoms with Crippen molar-refractivity contribution in [2.24, 2.45) is 0 Å². The second-order valence-corrected chi connectivity index (χ2v) is 15.3. The summed E-state index contributed by atoms with van der Waals surface area (Å²) in [5, 5.41) is -0.373. The van der Waals surface area contributed by atoms with E-state index in [9.17, 15) is 43.2 Å². The molecule has 24 nitrogen and oxygen atoms in total. The largest absolute Gasteiger partial charge is 0.496 e. The van der Waals surface area contributed by atoms with E-state index in [-0.39, 0.29) is 39.5 Å². The molecule has 0 radical (unpaired) electrons. The highest BCUT2D eigenvalue weighted by molar-refractivity contribution is 5.91. The summed E-state index contributed by atoms with van der Waals surface area (Å²) >= 11 is 0. The molecule has 1 aromatic heterocycles. The highest BCUT2D eigenvalue weighted by Crippen LogP contribution is 2.42. The molecule has 0 saturated carbocycles. The van der Waals surface area contributed by atoms with Crippen LogP contribution >= 0.6 is 0 Å². The van der Waals surface area contributed by atoms with E-state index in [1.165, 1.54) is 51.5 Å². The Balaban J connectivity index is 1.72. The fourth-order valence-corrected chi connectivity index (χ4v) is 7.44. The van der Waals surface area contributed by atoms with Gasteiger partial charge in [0.05, 0.1) is 26.9 Å². The van der Waals surface area contributed by atoms with E-state index in [4.69, 9.17) is 70.7 Å². The number of rotatable bonds is 16. The summed E-state index contributed by atoms with van der Waals surface area (Å²) in [6.07, 6.45) is -16.3. The lowest BCUT2D eigenvalue weighted by molar-refractivity contribution is -0.323. The SMILES string of the molecule is COc1cc(OC(C)=O)c2c(=O)c(O[C@@H]3O[C@H](CO[C@@H]4O[C@@H](C)[C@H](OC(C)=O)[C@@H](OC(C)=O)[C@H]4OC(C)=O)[C@@H](OC(C)=O)[C@H](OC(C)=O)[C@H]3OC(C)=O)c(-c3ccc(OC)c(OC(C)=O)c3)oc2c1. The minimum atomic E-state index is -2.04. The molecule has 5 rings (SSSR count). The molecule has 2 fully saturated rings. The zero-order valence-corrected chi connectivity index (χ0v) is 39.2. The first kappa shape index (κ1) is 52.7. The first-order chi connectivity index (χ1) is 32.5. The summed E-state index contributed by atoms with van der Waals surface area (Å²) in [5.74, 6) is -8.53. The fourth-order valence-electron chi connectivity index (χ4n) is 7.44. The molecular formula is C45H50O24. The number of hydrogen-bond donors (Lipinski definition) is 0. The molecule has 0 unspecified atom stereocenters. The summed E-state index contributed by atoms with van der Waals surface area (Å²) in [5.41, 5.74) is -1.25. The third-order valence-corrected chi connectivity index (χ3v) is 9.85. The number of methoxy groups -OCH3 is 2. The molecule has 0 spiro atoms. The van der Waals surface area contributed by atoms with Crippen molar-refractivity contribution < 1.29 is 109 Å². The van der Waals surface area contributed by atoms with E-state index >= 15 is 0 Å². The van der Waals surface area contributed by atoms with E-state index in [0.717, 1.165) is 55.4 Å². The fraction of sp³-hybridized carbons (Fsp3) is 0.489. The zero-order valence-electron chi connectivity index (χ0n) is 39.2. The molecule has 0 amide bonds. The second kappa shape index (κ2) is 22.7. The molecule has 0 N–H and O–H groups in total. The summed E-state index contributed by atoms with van der Waals surface area (Å²) in [4.78, 5) is 115. The number of ether oxygens (including phenoxy) is 14. The maximum absolute atomic E-state index is 15.0. The topological polar surface area (TPSA) is 296 Å². The Labute approximate surface area is 392 Å². The Kier molecular flexibility index (Phi) is 17.3. The van der Waals surface area contributed by atoms with E-state index in [1.54, 1.807) is 0 Å². The lowest BCUT2D eigenvalue weighted by Crippen LogP contribution is -2.65. The van der Waals surface area contributed by atoms with Crippen LogP contribution in [0, 0.1) is 0 Å². The second-order valence-electron chi connectivity index (χ2n) is 15.3. The normalized spacial score (nSPS) is 24.1. The van der Waals surface area contributed by atoms with Gasteiger partial charge in [-0.1, -0.05) is 0 Å². The Morgan fingerprint density at radius 2 is 1.04 bits per heavy atom. The standard InChI is InChI=1S/C45H50O24/c1-18-36(61-21(4)48)40(63-23(6)50)42(65-25(8)52)44(58-18)57-17-33-38(62-22(5)49)41(64-24(7)51)43(66-26(9)53)45(68-33)69-39-35(54)34-31(60-20(3)47)15-28(55-10)16-32(34)67-37(39)27-12-13-29(56-11)30(14-27)59-19(2)46/h12-16,18,33,36,38,40-45H,17H2,1-11H3/t18-,33+,36-,38+,40+,41-,42+,43+,44+,45-/m0/s1. The van der Waals surface area contributed by atoms with Crippen molar-refractivity contribution in [2.75, 3.05) is 20.8 Å². The third kappa shape index (κ3) is 13.0. The Morgan fingerprint density at radius 1 is 0.536 bits per heavy atom. The van der Waals surface area contributed by atoms with Crippen LogP contribution in [0.4, 0.5) is 0 Å². The number of carbonyl (C=O) groups is 8. The Morgan fingerprint density at radius 3 is 1.58 bits per heavy atom. The van der Waals surface area contributed by atoms with Gasteiger partial charge in [0.15, 0.2) is 54.1 Å². The predicted molar refractivity (Wildman–Crippen MR) is 227 cm³/mol. The number of esters is 8. The van der Waals surface area contributed by atoms with Gasteiger partial charge in [0.1, 0.15) is 28.6 Å². The molecule has 10 atom stereocenters. The summed E-state index contributed by atoms with van der Waals surface area (Å²) in [7, 11) is 2.61. The van der Waals surface area contributed by atoms with Crippen LogP contribution in [0.1, 0.15) is 62.3 Å². The molecule has 2 aromatic carbocycles. The Hall–Kier alpha value is -7.31. The number of fused-ring (bicyclic) bond motifs is 1. The molecular weight excluding hydrogens is 924 g/mol. The average Bonchev–Trinajstić information content (AvgIpc) is 3.23. The van der Waals surface area contributed by atoms with Gasteiger partial charge in [-0.25, -0.2) is 0 Å². The molecule has 24 heteroatoms. The summed E-state index contributed by atoms with van der Waals surface area (Å²) in [6, 6.07) is 6.57. The van der Waals surface area contributed by atoms with Crippen molar-refractivity contribution >= 4 is 58.7 Å². The average molecular weight is 975 g/mol. The van der Waals surface area contributed by atoms with Gasteiger partial charge in [-0.3, -0.25) is 43.2 Å². The predicted octanol–water partition coefficient (Wildman–Crippen LogP) is 2.78. The van der Waals surface area contributed by atoms with Crippen molar-refractivity contribution in [1.82, 2.24) is 0 Å². The lowest BCUT2D eigenvalue weighted by Gasteiger charge is -2.46. The van der Waals surface area contributed by atoms with Crippen molar-refractivity contribution in [3.8, 4) is 40.1 Å². The summed E-state index contributed by atoms with van der Waals surface area (Å²) in [6.45, 7) is 9.07. The van der Waals surface area contributed by atoms with E-state index < -0.39 is 133 Å². The first-order valence-electron chi connectivity index (χ1n) is 20.9. The van der Waals surface area contributed by atoms with Gasteiger partial charge in [0, 0.05) is 73.1 Å². The third-order valence-electron chi connectivity index (χ3n) is 9.85. The van der Waals surface area contributed by atoms with Crippen molar-refractivity contribution in [2.45, 2.75) is 124 Å². The molecule has 3 heterocycles. The molecule has 2 aliphatic heterocycles. The highest BCUT2D eigenvalue weighted by atomic mass is 16.8. The van der Waals surface area contributed by atoms with Crippen LogP contribution in [0.15, 0.2) is 39.5 Å². The minimum Gasteiger partial charge on any atom is -0.496 e. The molecule has 374 valence electrons. The number of benzene rings is 2. The van der Waals surface area contributed by atoms with Crippen molar-refractivity contribution in [3.63, 3.8) is 0 Å². The van der Waals surface area contributed by atoms with Crippen LogP contribution in [0.3, 0.4) is 0 Å². The van der Waals surface area contributed by atoms with Crippen molar-refractivity contribution in [1.29, 1.82) is 0 Å². The molecule has 0 bridgehead atoms. The monoisotopic (exact) mass is 974 g/mol. The van der Waals surface area contributed by atoms with E-state index in [2.05, 4.69) is 0 Å². The van der Waals surface area contributed by atoms with E-state index in [1.807, 2.05) is 0 Å². The van der Waals surface area contributed by atoms with Crippen molar-refractivity contribution in [3.05, 3.63) is 40.6 Å². The molecule has 69 heavy (non-hydrogen) atoms. The number of carbonyl (C=O) groups excluding carboxylic acids is 8. The van der Waals surface area contributed by atoms with Crippen LogP contribution in [0.5, 0.6) is 28.7 Å². The molecule has 0 aliphatic carbocycles. The maximum Gasteiger partial charge on any atom is 0.308 e. The van der Waals surface area contributed by atoms with Crippen LogP contribution in [-0.2, 0) is 81.0 Å². The van der Waals surface area contributed by atoms with Gasteiger partial charge in [0.2, 0.25) is 23.6 Å². The van der Waals surface area contributed by atoms with Gasteiger partial charge >= 0.3 is 47.8 Å². The molecule has 2 saturated heterocycles. The molecule has 2 aliphatic rings. The van der Waals surface area contributed by atoms with Gasteiger partial charge in [-0.05, 0) is 25.1 Å². The van der Waals surface area contributed by atoms with Crippen LogP contribution < -0.4 is 29.1 Å². The minimum absolute atomic E-state index is 0.00133. The van der Waals surface area contributed by atoms with Gasteiger partial charge in [-0.15, -0.1) is 0 Å². The van der Waals surface area contributed by atoms with Crippen LogP contribution in [0.25, 0.3) is 22.3 Å². The van der Waals surface area contributed by atoms with Crippen LogP contribution in [0.2, 0.25) is 0 Å². The van der Waals surface area contributed by atoms with Crippen LogP contribution in [-0.4, -0.2) is 130 Å². The number of hydrogen-bond acceptors (Lipinski definition) is 24. The van der Waals surface area contributed by atoms with Gasteiger partial charge in [0.25, 0.3) is 0 Å². The molecule has 3 aromatic rings. The van der Waals surface area contributed by atoms with Gasteiger partial charge < -0.3 is 70.7 Å². The highest BCUT2D eigenvalue weighted by Gasteiger charge is 2.55. The van der Waals surface area contributed by atoms with E-state index in [0.29, 0.717) is 0 Å². The lowest BCUT2D eigenvalue weighted by atomic mass is 9.97. The zero-order chi connectivity index (χ0) is 51.0. The summed E-state index contributed by atoms with van der Waals surface area (Å²) < 4.78 is 85.8.